The van der Waals surface area contributed by atoms with Crippen LogP contribution in [0.25, 0.3) is 10.8 Å². The Labute approximate surface area is 209 Å². The minimum absolute atomic E-state index is 0.0161. The van der Waals surface area contributed by atoms with Gasteiger partial charge in [-0.2, -0.15) is 0 Å². The number of benzene rings is 4. The van der Waals surface area contributed by atoms with E-state index in [4.69, 9.17) is 9.47 Å². The summed E-state index contributed by atoms with van der Waals surface area (Å²) in [7, 11) is 0. The van der Waals surface area contributed by atoms with E-state index in [0.29, 0.717) is 12.2 Å². The van der Waals surface area contributed by atoms with Crippen LogP contribution in [-0.4, -0.2) is 17.0 Å². The highest BCUT2D eigenvalue weighted by Crippen LogP contribution is 2.43. The lowest BCUT2D eigenvalue weighted by Crippen LogP contribution is -2.29. The molecule has 0 radical (unpaired) electrons. The summed E-state index contributed by atoms with van der Waals surface area (Å²) in [6.07, 6.45) is 3.34. The maximum atomic E-state index is 13.0. The van der Waals surface area contributed by atoms with E-state index >= 15 is 0 Å². The SMILES string of the molecule is O=C(O[C@H]1CCCC[C@H]1c1c(OCc2ccccc2)ccc2ccccc12)c1ccc([N+](=O)[O-])cc1. The number of non-ortho nitro benzene ring substituents is 1. The minimum Gasteiger partial charge on any atom is -0.489 e. The highest BCUT2D eigenvalue weighted by Gasteiger charge is 2.33. The molecule has 1 saturated carbocycles. The predicted octanol–water partition coefficient (Wildman–Crippen LogP) is 7.21. The number of nitrogens with zero attached hydrogens (tertiary/aromatic N) is 1. The molecule has 6 heteroatoms. The second kappa shape index (κ2) is 10.6. The lowest BCUT2D eigenvalue weighted by molar-refractivity contribution is -0.384. The molecule has 0 aliphatic heterocycles. The van der Waals surface area contributed by atoms with Crippen LogP contribution in [0.2, 0.25) is 0 Å². The van der Waals surface area contributed by atoms with Gasteiger partial charge in [0.15, 0.2) is 0 Å². The molecule has 0 aromatic heterocycles. The fraction of sp³-hybridized carbons (Fsp3) is 0.233. The Morgan fingerprint density at radius 2 is 1.58 bits per heavy atom. The Hall–Kier alpha value is -4.19. The normalized spacial score (nSPS) is 17.4. The van der Waals surface area contributed by atoms with Crippen LogP contribution in [-0.2, 0) is 11.3 Å². The van der Waals surface area contributed by atoms with Crippen molar-refractivity contribution in [1.29, 1.82) is 0 Å². The number of fused-ring (bicyclic) bond motifs is 1. The first-order valence-corrected chi connectivity index (χ1v) is 12.2. The number of ether oxygens (including phenoxy) is 2. The summed E-state index contributed by atoms with van der Waals surface area (Å²) in [5.74, 6) is 0.326. The van der Waals surface area contributed by atoms with Gasteiger partial charge in [0.2, 0.25) is 0 Å². The molecule has 0 saturated heterocycles. The zero-order valence-corrected chi connectivity index (χ0v) is 19.8. The van der Waals surface area contributed by atoms with Crippen LogP contribution in [0.4, 0.5) is 5.69 Å². The van der Waals surface area contributed by atoms with Crippen LogP contribution in [0, 0.1) is 10.1 Å². The molecule has 1 fully saturated rings. The third-order valence-corrected chi connectivity index (χ3v) is 6.81. The van der Waals surface area contributed by atoms with Gasteiger partial charge < -0.3 is 9.47 Å². The molecule has 1 aliphatic carbocycles. The smallest absolute Gasteiger partial charge is 0.338 e. The van der Waals surface area contributed by atoms with Crippen LogP contribution in [0.5, 0.6) is 5.75 Å². The molecule has 5 rings (SSSR count). The maximum absolute atomic E-state index is 13.0. The van der Waals surface area contributed by atoms with Gasteiger partial charge in [-0.3, -0.25) is 10.1 Å². The van der Waals surface area contributed by atoms with Crippen molar-refractivity contribution in [2.75, 3.05) is 0 Å². The predicted molar refractivity (Wildman–Crippen MR) is 138 cm³/mol. The number of carbonyl (C=O) groups excluding carboxylic acids is 1. The largest absolute Gasteiger partial charge is 0.489 e. The zero-order valence-electron chi connectivity index (χ0n) is 19.8. The Bertz CT molecular complexity index is 1370. The molecule has 0 spiro atoms. The first-order valence-electron chi connectivity index (χ1n) is 12.2. The van der Waals surface area contributed by atoms with Crippen LogP contribution >= 0.6 is 0 Å². The fourth-order valence-corrected chi connectivity index (χ4v) is 5.01. The molecule has 0 N–H and O–H groups in total. The van der Waals surface area contributed by atoms with Gasteiger partial charge in [-0.1, -0.05) is 67.1 Å². The second-order valence-corrected chi connectivity index (χ2v) is 9.11. The molecule has 4 aromatic rings. The van der Waals surface area contributed by atoms with Crippen LogP contribution in [0.15, 0.2) is 91.0 Å². The summed E-state index contributed by atoms with van der Waals surface area (Å²) in [5, 5.41) is 13.2. The van der Waals surface area contributed by atoms with Crippen molar-refractivity contribution in [2.45, 2.75) is 44.3 Å². The van der Waals surface area contributed by atoms with Crippen LogP contribution in [0.3, 0.4) is 0 Å². The lowest BCUT2D eigenvalue weighted by atomic mass is 9.79. The summed E-state index contributed by atoms with van der Waals surface area (Å²) in [6, 6.07) is 27.9. The first-order chi connectivity index (χ1) is 17.6. The fourth-order valence-electron chi connectivity index (χ4n) is 5.01. The average molecular weight is 482 g/mol. The van der Waals surface area contributed by atoms with E-state index in [1.807, 2.05) is 48.5 Å². The molecule has 0 amide bonds. The summed E-state index contributed by atoms with van der Waals surface area (Å²) in [5.41, 5.74) is 2.41. The standard InChI is InChI=1S/C30H27NO5/c32-30(23-14-17-24(18-15-23)31(33)34)36-27-13-7-6-12-26(27)29-25-11-5-4-10-22(25)16-19-28(29)35-20-21-8-2-1-3-9-21/h1-5,8-11,14-19,26-27H,6-7,12-13,20H2/t26-,27+/m1/s1. The van der Waals surface area contributed by atoms with Crippen LogP contribution < -0.4 is 4.74 Å². The Morgan fingerprint density at radius 3 is 2.36 bits per heavy atom. The summed E-state index contributed by atoms with van der Waals surface area (Å²) < 4.78 is 12.4. The molecule has 4 aromatic carbocycles. The molecule has 0 heterocycles. The summed E-state index contributed by atoms with van der Waals surface area (Å²) in [6.45, 7) is 0.451. The molecule has 2 atom stereocenters. The Balaban J connectivity index is 1.45. The highest BCUT2D eigenvalue weighted by molar-refractivity contribution is 5.90. The topological polar surface area (TPSA) is 78.7 Å². The van der Waals surface area contributed by atoms with Crippen molar-refractivity contribution in [2.24, 2.45) is 0 Å². The lowest BCUT2D eigenvalue weighted by Gasteiger charge is -2.33. The summed E-state index contributed by atoms with van der Waals surface area (Å²) >= 11 is 0. The number of hydrogen-bond acceptors (Lipinski definition) is 5. The molecule has 36 heavy (non-hydrogen) atoms. The van der Waals surface area contributed by atoms with Crippen molar-refractivity contribution in [3.05, 3.63) is 118 Å². The molecular weight excluding hydrogens is 454 g/mol. The third-order valence-electron chi connectivity index (χ3n) is 6.81. The zero-order chi connectivity index (χ0) is 24.9. The van der Waals surface area contributed by atoms with E-state index in [2.05, 4.69) is 18.2 Å². The number of carbonyl (C=O) groups is 1. The van der Waals surface area contributed by atoms with Crippen molar-refractivity contribution >= 4 is 22.4 Å². The van der Waals surface area contributed by atoms with Gasteiger partial charge in [0.05, 0.1) is 10.5 Å². The van der Waals surface area contributed by atoms with E-state index in [9.17, 15) is 14.9 Å². The third kappa shape index (κ3) is 5.08. The van der Waals surface area contributed by atoms with Gasteiger partial charge >= 0.3 is 5.97 Å². The van der Waals surface area contributed by atoms with E-state index in [1.54, 1.807) is 0 Å². The summed E-state index contributed by atoms with van der Waals surface area (Å²) in [4.78, 5) is 23.5. The van der Waals surface area contributed by atoms with Gasteiger partial charge in [-0.05, 0) is 53.8 Å². The van der Waals surface area contributed by atoms with Gasteiger partial charge in [-0.25, -0.2) is 4.79 Å². The maximum Gasteiger partial charge on any atom is 0.338 e. The molecule has 6 nitrogen and oxygen atoms in total. The van der Waals surface area contributed by atoms with Crippen molar-refractivity contribution in [3.8, 4) is 5.75 Å². The molecule has 0 bridgehead atoms. The Kier molecular flexibility index (Phi) is 6.94. The minimum atomic E-state index is -0.482. The first kappa shape index (κ1) is 23.5. The van der Waals surface area contributed by atoms with E-state index < -0.39 is 10.9 Å². The number of hydrogen-bond donors (Lipinski definition) is 0. The number of nitro benzene ring substituents is 1. The van der Waals surface area contributed by atoms with Crippen molar-refractivity contribution < 1.29 is 19.2 Å². The van der Waals surface area contributed by atoms with Gasteiger partial charge in [0, 0.05) is 23.6 Å². The monoisotopic (exact) mass is 481 g/mol. The number of esters is 1. The van der Waals surface area contributed by atoms with Crippen molar-refractivity contribution in [3.63, 3.8) is 0 Å². The van der Waals surface area contributed by atoms with Crippen molar-refractivity contribution in [1.82, 2.24) is 0 Å². The Morgan fingerprint density at radius 1 is 0.861 bits per heavy atom. The van der Waals surface area contributed by atoms with Gasteiger partial charge in [-0.15, -0.1) is 0 Å². The van der Waals surface area contributed by atoms with Gasteiger partial charge in [0.1, 0.15) is 18.5 Å². The van der Waals surface area contributed by atoms with Crippen LogP contribution in [0.1, 0.15) is 53.1 Å². The van der Waals surface area contributed by atoms with Gasteiger partial charge in [0.25, 0.3) is 5.69 Å². The number of rotatable bonds is 7. The van der Waals surface area contributed by atoms with E-state index in [-0.39, 0.29) is 17.7 Å². The molecule has 182 valence electrons. The second-order valence-electron chi connectivity index (χ2n) is 9.11. The quantitative estimate of drug-likeness (QED) is 0.158. The molecular formula is C30H27NO5. The molecule has 1 aliphatic rings. The van der Waals surface area contributed by atoms with E-state index in [0.717, 1.165) is 53.3 Å². The number of nitro groups is 1. The average Bonchev–Trinajstić information content (AvgIpc) is 2.92. The molecule has 0 unspecified atom stereocenters. The van der Waals surface area contributed by atoms with E-state index in [1.165, 1.54) is 24.3 Å². The highest BCUT2D eigenvalue weighted by atomic mass is 16.6.